The van der Waals surface area contributed by atoms with E-state index in [0.29, 0.717) is 10.7 Å². The Morgan fingerprint density at radius 1 is 1.48 bits per heavy atom. The number of aliphatic carboxylic acids is 1. The molecule has 7 heteroatoms. The Balaban J connectivity index is 2.10. The van der Waals surface area contributed by atoms with Gasteiger partial charge in [-0.2, -0.15) is 0 Å². The standard InChI is InChI=1S/C14H12ClFN2O2S/c15-9-5-12-11(6-10(9)16)17-14(21-7-13(19)20)18(12)8-3-1-2-4-8/h1-2,5-6,8H,3-4,7H2,(H,19,20). The van der Waals surface area contributed by atoms with E-state index < -0.39 is 11.8 Å². The van der Waals surface area contributed by atoms with Crippen LogP contribution < -0.4 is 0 Å². The fraction of sp³-hybridized carbons (Fsp3) is 0.286. The average molecular weight is 327 g/mol. The zero-order valence-corrected chi connectivity index (χ0v) is 12.5. The van der Waals surface area contributed by atoms with E-state index in [1.165, 1.54) is 6.07 Å². The van der Waals surface area contributed by atoms with Gasteiger partial charge in [0.25, 0.3) is 0 Å². The molecule has 0 fully saturated rings. The molecule has 1 aromatic carbocycles. The van der Waals surface area contributed by atoms with Crippen molar-refractivity contribution in [2.75, 3.05) is 5.75 Å². The summed E-state index contributed by atoms with van der Waals surface area (Å²) in [5.41, 5.74) is 1.24. The van der Waals surface area contributed by atoms with Crippen LogP contribution in [0.2, 0.25) is 5.02 Å². The number of benzene rings is 1. The third-order valence-electron chi connectivity index (χ3n) is 3.37. The van der Waals surface area contributed by atoms with Gasteiger partial charge in [0.05, 0.1) is 21.8 Å². The molecule has 0 atom stereocenters. The van der Waals surface area contributed by atoms with Crippen molar-refractivity contribution in [3.63, 3.8) is 0 Å². The number of thioether (sulfide) groups is 1. The van der Waals surface area contributed by atoms with Crippen molar-refractivity contribution in [2.24, 2.45) is 0 Å². The van der Waals surface area contributed by atoms with E-state index in [2.05, 4.69) is 17.1 Å². The quantitative estimate of drug-likeness (QED) is 0.684. The SMILES string of the molecule is O=C(O)CSc1nc2cc(F)c(Cl)cc2n1C1CC=CC1. The van der Waals surface area contributed by atoms with Gasteiger partial charge in [0, 0.05) is 12.1 Å². The smallest absolute Gasteiger partial charge is 0.313 e. The van der Waals surface area contributed by atoms with E-state index in [1.54, 1.807) is 6.07 Å². The van der Waals surface area contributed by atoms with Crippen molar-refractivity contribution in [3.05, 3.63) is 35.1 Å². The minimum absolute atomic E-state index is 0.0457. The van der Waals surface area contributed by atoms with Crippen molar-refractivity contribution in [3.8, 4) is 0 Å². The molecule has 1 N–H and O–H groups in total. The molecule has 110 valence electrons. The molecule has 2 aromatic rings. The van der Waals surface area contributed by atoms with Crippen LogP contribution in [0.4, 0.5) is 4.39 Å². The van der Waals surface area contributed by atoms with Crippen LogP contribution in [-0.4, -0.2) is 26.4 Å². The Bertz CT molecular complexity index is 736. The van der Waals surface area contributed by atoms with Crippen molar-refractivity contribution in [2.45, 2.75) is 24.0 Å². The predicted molar refractivity (Wildman–Crippen MR) is 80.5 cm³/mol. The fourth-order valence-electron chi connectivity index (χ4n) is 2.46. The first-order chi connectivity index (χ1) is 10.1. The Morgan fingerprint density at radius 2 is 2.19 bits per heavy atom. The Hall–Kier alpha value is -1.53. The lowest BCUT2D eigenvalue weighted by Gasteiger charge is -2.15. The number of carboxylic acid groups (broad SMARTS) is 1. The minimum atomic E-state index is -0.910. The highest BCUT2D eigenvalue weighted by atomic mass is 35.5. The first-order valence-corrected chi connectivity index (χ1v) is 7.79. The molecule has 0 saturated carbocycles. The molecular formula is C14H12ClFN2O2S. The topological polar surface area (TPSA) is 55.1 Å². The molecule has 0 unspecified atom stereocenters. The number of hydrogen-bond acceptors (Lipinski definition) is 3. The summed E-state index contributed by atoms with van der Waals surface area (Å²) in [6.07, 6.45) is 5.85. The molecule has 1 heterocycles. The first-order valence-electron chi connectivity index (χ1n) is 6.43. The van der Waals surface area contributed by atoms with Gasteiger partial charge < -0.3 is 9.67 Å². The zero-order chi connectivity index (χ0) is 15.0. The van der Waals surface area contributed by atoms with Crippen LogP contribution in [-0.2, 0) is 4.79 Å². The van der Waals surface area contributed by atoms with E-state index in [9.17, 15) is 9.18 Å². The second kappa shape index (κ2) is 5.69. The number of carbonyl (C=O) groups is 1. The van der Waals surface area contributed by atoms with E-state index in [1.807, 2.05) is 4.57 Å². The van der Waals surface area contributed by atoms with Gasteiger partial charge in [-0.1, -0.05) is 35.5 Å². The predicted octanol–water partition coefficient (Wildman–Crippen LogP) is 3.90. The third-order valence-corrected chi connectivity index (χ3v) is 4.60. The van der Waals surface area contributed by atoms with Gasteiger partial charge >= 0.3 is 5.97 Å². The molecule has 1 aromatic heterocycles. The lowest BCUT2D eigenvalue weighted by Crippen LogP contribution is -2.08. The largest absolute Gasteiger partial charge is 0.481 e. The summed E-state index contributed by atoms with van der Waals surface area (Å²) in [7, 11) is 0. The summed E-state index contributed by atoms with van der Waals surface area (Å²) in [4.78, 5) is 15.1. The number of fused-ring (bicyclic) bond motifs is 1. The minimum Gasteiger partial charge on any atom is -0.481 e. The van der Waals surface area contributed by atoms with Gasteiger partial charge in [-0.25, -0.2) is 9.37 Å². The number of rotatable bonds is 4. The highest BCUT2D eigenvalue weighted by molar-refractivity contribution is 7.99. The Labute approximate surface area is 129 Å². The van der Waals surface area contributed by atoms with Crippen LogP contribution >= 0.6 is 23.4 Å². The molecule has 0 spiro atoms. The fourth-order valence-corrected chi connectivity index (χ4v) is 3.42. The monoisotopic (exact) mass is 326 g/mol. The molecule has 0 bridgehead atoms. The van der Waals surface area contributed by atoms with Gasteiger partial charge in [0.2, 0.25) is 0 Å². The number of imidazole rings is 1. The van der Waals surface area contributed by atoms with Crippen molar-refractivity contribution in [1.29, 1.82) is 0 Å². The molecule has 4 nitrogen and oxygen atoms in total. The van der Waals surface area contributed by atoms with Crippen molar-refractivity contribution in [1.82, 2.24) is 9.55 Å². The van der Waals surface area contributed by atoms with Crippen LogP contribution in [0.15, 0.2) is 29.4 Å². The number of nitrogens with zero attached hydrogens (tertiary/aromatic N) is 2. The number of allylic oxidation sites excluding steroid dienone is 2. The van der Waals surface area contributed by atoms with Gasteiger partial charge in [0.15, 0.2) is 5.16 Å². The van der Waals surface area contributed by atoms with Crippen LogP contribution in [0, 0.1) is 5.82 Å². The summed E-state index contributed by atoms with van der Waals surface area (Å²) >= 11 is 7.01. The highest BCUT2D eigenvalue weighted by Gasteiger charge is 2.22. The van der Waals surface area contributed by atoms with Crippen molar-refractivity contribution < 1.29 is 14.3 Å². The lowest BCUT2D eigenvalue weighted by molar-refractivity contribution is -0.133. The number of aromatic nitrogens is 2. The molecule has 1 aliphatic rings. The second-order valence-corrected chi connectivity index (χ2v) is 6.15. The van der Waals surface area contributed by atoms with Crippen LogP contribution in [0.3, 0.4) is 0 Å². The highest BCUT2D eigenvalue weighted by Crippen LogP contribution is 2.35. The molecule has 3 rings (SSSR count). The molecular weight excluding hydrogens is 315 g/mol. The number of hydrogen-bond donors (Lipinski definition) is 1. The molecule has 0 aliphatic heterocycles. The zero-order valence-electron chi connectivity index (χ0n) is 10.9. The second-order valence-electron chi connectivity index (χ2n) is 4.80. The Morgan fingerprint density at radius 3 is 2.86 bits per heavy atom. The molecule has 1 aliphatic carbocycles. The van der Waals surface area contributed by atoms with Gasteiger partial charge in [-0.15, -0.1) is 0 Å². The molecule has 0 amide bonds. The van der Waals surface area contributed by atoms with Gasteiger partial charge in [0.1, 0.15) is 5.82 Å². The number of halogens is 2. The van der Waals surface area contributed by atoms with E-state index in [4.69, 9.17) is 16.7 Å². The van der Waals surface area contributed by atoms with Crippen LogP contribution in [0.5, 0.6) is 0 Å². The maximum atomic E-state index is 13.6. The third kappa shape index (κ3) is 2.78. The maximum absolute atomic E-state index is 13.6. The normalized spacial score (nSPS) is 15.1. The van der Waals surface area contributed by atoms with Crippen LogP contribution in [0.1, 0.15) is 18.9 Å². The summed E-state index contributed by atoms with van der Waals surface area (Å²) in [5, 5.41) is 9.47. The number of carboxylic acids is 1. The summed E-state index contributed by atoms with van der Waals surface area (Å²) in [5.74, 6) is -1.51. The molecule has 0 saturated heterocycles. The summed E-state index contributed by atoms with van der Waals surface area (Å²) in [6.45, 7) is 0. The molecule has 21 heavy (non-hydrogen) atoms. The molecule has 0 radical (unpaired) electrons. The van der Waals surface area contributed by atoms with Gasteiger partial charge in [-0.3, -0.25) is 4.79 Å². The van der Waals surface area contributed by atoms with Crippen LogP contribution in [0.25, 0.3) is 11.0 Å². The van der Waals surface area contributed by atoms with E-state index in [0.717, 1.165) is 30.1 Å². The van der Waals surface area contributed by atoms with Crippen molar-refractivity contribution >= 4 is 40.4 Å². The van der Waals surface area contributed by atoms with E-state index in [-0.39, 0.29) is 16.8 Å². The Kier molecular flexibility index (Phi) is 3.91. The summed E-state index contributed by atoms with van der Waals surface area (Å²) in [6, 6.07) is 3.02. The summed E-state index contributed by atoms with van der Waals surface area (Å²) < 4.78 is 15.6. The lowest BCUT2D eigenvalue weighted by atomic mass is 10.2. The average Bonchev–Trinajstić information content (AvgIpc) is 3.04. The van der Waals surface area contributed by atoms with Gasteiger partial charge in [-0.05, 0) is 18.9 Å². The maximum Gasteiger partial charge on any atom is 0.313 e. The first kappa shape index (κ1) is 14.4. The van der Waals surface area contributed by atoms with E-state index >= 15 is 0 Å².